The van der Waals surface area contributed by atoms with Crippen LogP contribution in [-0.2, 0) is 14.4 Å². The quantitative estimate of drug-likeness (QED) is 0.681. The fourth-order valence-corrected chi connectivity index (χ4v) is 3.25. The summed E-state index contributed by atoms with van der Waals surface area (Å²) < 4.78 is 0. The summed E-state index contributed by atoms with van der Waals surface area (Å²) in [4.78, 5) is 37.7. The summed E-state index contributed by atoms with van der Waals surface area (Å²) in [6.45, 7) is 2.93. The van der Waals surface area contributed by atoms with E-state index < -0.39 is 0 Å². The van der Waals surface area contributed by atoms with Crippen LogP contribution in [0.25, 0.3) is 0 Å². The van der Waals surface area contributed by atoms with Gasteiger partial charge in [-0.15, -0.1) is 0 Å². The summed E-state index contributed by atoms with van der Waals surface area (Å²) in [6.07, 6.45) is 2.93. The Balaban J connectivity index is 1.76. The van der Waals surface area contributed by atoms with E-state index in [2.05, 4.69) is 16.0 Å². The average Bonchev–Trinajstić information content (AvgIpc) is 2.62. The minimum atomic E-state index is -0.130. The van der Waals surface area contributed by atoms with E-state index in [4.69, 9.17) is 0 Å². The van der Waals surface area contributed by atoms with Crippen molar-refractivity contribution in [3.8, 4) is 0 Å². The smallest absolute Gasteiger partial charge is 0.227 e. The molecule has 0 radical (unpaired) electrons. The van der Waals surface area contributed by atoms with E-state index in [0.29, 0.717) is 17.9 Å². The zero-order valence-corrected chi connectivity index (χ0v) is 16.4. The second-order valence-electron chi connectivity index (χ2n) is 7.39. The summed E-state index contributed by atoms with van der Waals surface area (Å²) in [5.74, 6) is -0.0914. The Bertz CT molecular complexity index is 650. The summed E-state index contributed by atoms with van der Waals surface area (Å²) >= 11 is 0. The van der Waals surface area contributed by atoms with Gasteiger partial charge in [-0.25, -0.2) is 0 Å². The van der Waals surface area contributed by atoms with E-state index in [1.807, 2.05) is 19.0 Å². The molecule has 1 aromatic carbocycles. The van der Waals surface area contributed by atoms with Crippen molar-refractivity contribution in [2.24, 2.45) is 11.8 Å². The van der Waals surface area contributed by atoms with Gasteiger partial charge in [0.2, 0.25) is 17.7 Å². The normalized spacial score (nSPS) is 19.4. The SMILES string of the molecule is CC(=O)Nc1ccc(NC(=O)C2CCC(C(=O)NCCN(C)C)CC2)cc1. The molecule has 1 saturated carbocycles. The molecule has 148 valence electrons. The number of hydrogen-bond donors (Lipinski definition) is 3. The highest BCUT2D eigenvalue weighted by Gasteiger charge is 2.29. The molecule has 0 atom stereocenters. The van der Waals surface area contributed by atoms with Crippen molar-refractivity contribution < 1.29 is 14.4 Å². The summed E-state index contributed by atoms with van der Waals surface area (Å²) in [5, 5.41) is 8.59. The maximum atomic E-state index is 12.5. The van der Waals surface area contributed by atoms with Crippen LogP contribution in [0.4, 0.5) is 11.4 Å². The van der Waals surface area contributed by atoms with Gasteiger partial charge >= 0.3 is 0 Å². The van der Waals surface area contributed by atoms with E-state index in [-0.39, 0.29) is 29.6 Å². The number of anilines is 2. The van der Waals surface area contributed by atoms with Gasteiger partial charge in [0.25, 0.3) is 0 Å². The molecule has 1 fully saturated rings. The highest BCUT2D eigenvalue weighted by atomic mass is 16.2. The highest BCUT2D eigenvalue weighted by Crippen LogP contribution is 2.30. The standard InChI is InChI=1S/C20H30N4O3/c1-14(25)22-17-8-10-18(11-9-17)23-20(27)16-6-4-15(5-7-16)19(26)21-12-13-24(2)3/h8-11,15-16H,4-7,12-13H2,1-3H3,(H,21,26)(H,22,25)(H,23,27). The van der Waals surface area contributed by atoms with Gasteiger partial charge in [0.05, 0.1) is 0 Å². The lowest BCUT2D eigenvalue weighted by molar-refractivity contribution is -0.128. The lowest BCUT2D eigenvalue weighted by atomic mass is 9.81. The Hall–Kier alpha value is -2.41. The number of carbonyl (C=O) groups is 3. The largest absolute Gasteiger partial charge is 0.355 e. The Morgan fingerprint density at radius 2 is 1.37 bits per heavy atom. The van der Waals surface area contributed by atoms with Crippen LogP contribution in [0.5, 0.6) is 0 Å². The van der Waals surface area contributed by atoms with Gasteiger partial charge in [-0.2, -0.15) is 0 Å². The van der Waals surface area contributed by atoms with Gasteiger partial charge in [-0.1, -0.05) is 0 Å². The van der Waals surface area contributed by atoms with Crippen molar-refractivity contribution in [3.05, 3.63) is 24.3 Å². The fraction of sp³-hybridized carbons (Fsp3) is 0.550. The molecule has 2 rings (SSSR count). The summed E-state index contributed by atoms with van der Waals surface area (Å²) in [6, 6.07) is 7.05. The molecule has 0 unspecified atom stereocenters. The van der Waals surface area contributed by atoms with Crippen LogP contribution < -0.4 is 16.0 Å². The zero-order valence-electron chi connectivity index (χ0n) is 16.4. The lowest BCUT2D eigenvalue weighted by Crippen LogP contribution is -2.38. The van der Waals surface area contributed by atoms with Crippen LogP contribution in [0.2, 0.25) is 0 Å². The van der Waals surface area contributed by atoms with Crippen LogP contribution in [0.15, 0.2) is 24.3 Å². The molecule has 1 aliphatic carbocycles. The second-order valence-corrected chi connectivity index (χ2v) is 7.39. The highest BCUT2D eigenvalue weighted by molar-refractivity contribution is 5.93. The summed E-state index contributed by atoms with van der Waals surface area (Å²) in [5.41, 5.74) is 1.40. The molecule has 3 N–H and O–H groups in total. The molecule has 0 aromatic heterocycles. The van der Waals surface area contributed by atoms with Crippen molar-refractivity contribution in [1.82, 2.24) is 10.2 Å². The predicted octanol–water partition coefficient (Wildman–Crippen LogP) is 2.07. The lowest BCUT2D eigenvalue weighted by Gasteiger charge is -2.27. The van der Waals surface area contributed by atoms with E-state index in [1.165, 1.54) is 6.92 Å². The number of nitrogens with zero attached hydrogens (tertiary/aromatic N) is 1. The topological polar surface area (TPSA) is 90.5 Å². The minimum absolute atomic E-state index is 0.00579. The predicted molar refractivity (Wildman–Crippen MR) is 106 cm³/mol. The molecule has 0 saturated heterocycles. The number of carbonyl (C=O) groups excluding carboxylic acids is 3. The Morgan fingerprint density at radius 3 is 1.85 bits per heavy atom. The van der Waals surface area contributed by atoms with Crippen molar-refractivity contribution in [3.63, 3.8) is 0 Å². The van der Waals surface area contributed by atoms with Crippen molar-refractivity contribution in [1.29, 1.82) is 0 Å². The Labute approximate surface area is 160 Å². The van der Waals surface area contributed by atoms with Gasteiger partial charge in [0.15, 0.2) is 0 Å². The molecule has 0 spiro atoms. The third-order valence-corrected chi connectivity index (χ3v) is 4.80. The Morgan fingerprint density at radius 1 is 0.889 bits per heavy atom. The van der Waals surface area contributed by atoms with Gasteiger partial charge in [0.1, 0.15) is 0 Å². The van der Waals surface area contributed by atoms with E-state index in [9.17, 15) is 14.4 Å². The molecule has 0 bridgehead atoms. The van der Waals surface area contributed by atoms with Crippen LogP contribution >= 0.6 is 0 Å². The first-order chi connectivity index (χ1) is 12.8. The summed E-state index contributed by atoms with van der Waals surface area (Å²) in [7, 11) is 3.95. The second kappa shape index (κ2) is 10.1. The van der Waals surface area contributed by atoms with Gasteiger partial charge in [-0.05, 0) is 64.0 Å². The van der Waals surface area contributed by atoms with Crippen LogP contribution in [0.3, 0.4) is 0 Å². The number of likely N-dealkylation sites (N-methyl/N-ethyl adjacent to an activating group) is 1. The maximum absolute atomic E-state index is 12.5. The van der Waals surface area contributed by atoms with E-state index in [0.717, 1.165) is 32.2 Å². The molecular formula is C20H30N4O3. The monoisotopic (exact) mass is 374 g/mol. The minimum Gasteiger partial charge on any atom is -0.355 e. The van der Waals surface area contributed by atoms with Crippen LogP contribution in [-0.4, -0.2) is 49.8 Å². The van der Waals surface area contributed by atoms with E-state index >= 15 is 0 Å². The van der Waals surface area contributed by atoms with Gasteiger partial charge < -0.3 is 20.9 Å². The molecule has 3 amide bonds. The molecule has 1 aromatic rings. The molecule has 7 heteroatoms. The number of amides is 3. The molecule has 1 aliphatic rings. The van der Waals surface area contributed by atoms with E-state index in [1.54, 1.807) is 24.3 Å². The van der Waals surface area contributed by atoms with Crippen LogP contribution in [0.1, 0.15) is 32.6 Å². The third-order valence-electron chi connectivity index (χ3n) is 4.80. The number of hydrogen-bond acceptors (Lipinski definition) is 4. The molecule has 27 heavy (non-hydrogen) atoms. The number of benzene rings is 1. The zero-order chi connectivity index (χ0) is 19.8. The first-order valence-corrected chi connectivity index (χ1v) is 9.46. The maximum Gasteiger partial charge on any atom is 0.227 e. The third kappa shape index (κ3) is 7.02. The van der Waals surface area contributed by atoms with Crippen LogP contribution in [0, 0.1) is 11.8 Å². The van der Waals surface area contributed by atoms with Gasteiger partial charge in [0, 0.05) is 43.2 Å². The first-order valence-electron chi connectivity index (χ1n) is 9.46. The first kappa shape index (κ1) is 20.9. The fourth-order valence-electron chi connectivity index (χ4n) is 3.25. The Kier molecular flexibility index (Phi) is 7.79. The molecule has 7 nitrogen and oxygen atoms in total. The van der Waals surface area contributed by atoms with Crippen molar-refractivity contribution in [2.75, 3.05) is 37.8 Å². The number of rotatable bonds is 7. The molecule has 0 heterocycles. The van der Waals surface area contributed by atoms with Crippen molar-refractivity contribution in [2.45, 2.75) is 32.6 Å². The van der Waals surface area contributed by atoms with Gasteiger partial charge in [-0.3, -0.25) is 14.4 Å². The molecule has 0 aliphatic heterocycles. The number of nitrogens with one attached hydrogen (secondary N) is 3. The molecular weight excluding hydrogens is 344 g/mol. The van der Waals surface area contributed by atoms with Crippen molar-refractivity contribution >= 4 is 29.1 Å². The average molecular weight is 374 g/mol.